The molecule has 0 saturated heterocycles. The molecular formula is C13H16N2O. The average molecular weight is 216 g/mol. The van der Waals surface area contributed by atoms with Crippen LogP contribution in [0.15, 0.2) is 30.5 Å². The highest BCUT2D eigenvalue weighted by molar-refractivity contribution is 5.86. The third-order valence-electron chi connectivity index (χ3n) is 2.82. The molecule has 84 valence electrons. The Labute approximate surface area is 94.6 Å². The summed E-state index contributed by atoms with van der Waals surface area (Å²) >= 11 is 0. The zero-order valence-electron chi connectivity index (χ0n) is 9.36. The van der Waals surface area contributed by atoms with E-state index in [1.54, 1.807) is 6.92 Å². The van der Waals surface area contributed by atoms with Gasteiger partial charge in [0.05, 0.1) is 6.04 Å². The molecular weight excluding hydrogens is 200 g/mol. The van der Waals surface area contributed by atoms with Gasteiger partial charge in [-0.1, -0.05) is 18.2 Å². The Morgan fingerprint density at radius 3 is 2.94 bits per heavy atom. The summed E-state index contributed by atoms with van der Waals surface area (Å²) in [7, 11) is 0. The molecule has 0 aliphatic heterocycles. The molecule has 0 aliphatic rings. The maximum absolute atomic E-state index is 11.4. The van der Waals surface area contributed by atoms with Crippen molar-refractivity contribution in [2.45, 2.75) is 25.8 Å². The van der Waals surface area contributed by atoms with Crippen molar-refractivity contribution >= 4 is 16.7 Å². The number of aryl methyl sites for hydroxylation is 1. The van der Waals surface area contributed by atoms with E-state index in [0.29, 0.717) is 6.42 Å². The summed E-state index contributed by atoms with van der Waals surface area (Å²) in [6.07, 6.45) is 3.24. The number of nitrogens with one attached hydrogen (secondary N) is 1. The second-order valence-corrected chi connectivity index (χ2v) is 4.11. The third-order valence-corrected chi connectivity index (χ3v) is 2.82. The van der Waals surface area contributed by atoms with Crippen LogP contribution in [0.1, 0.15) is 18.9 Å². The van der Waals surface area contributed by atoms with Crippen LogP contribution in [-0.4, -0.2) is 16.8 Å². The van der Waals surface area contributed by atoms with Gasteiger partial charge >= 0.3 is 0 Å². The average Bonchev–Trinajstić information content (AvgIpc) is 2.69. The van der Waals surface area contributed by atoms with E-state index in [0.717, 1.165) is 11.9 Å². The Morgan fingerprint density at radius 1 is 1.44 bits per heavy atom. The number of aromatic amines is 1. The van der Waals surface area contributed by atoms with Gasteiger partial charge in [-0.15, -0.1) is 0 Å². The minimum absolute atomic E-state index is 0.116. The van der Waals surface area contributed by atoms with Crippen LogP contribution < -0.4 is 5.73 Å². The number of carbonyl (C=O) groups excluding carboxylic acids is 1. The zero-order valence-corrected chi connectivity index (χ0v) is 9.36. The van der Waals surface area contributed by atoms with Crippen LogP contribution in [0.2, 0.25) is 0 Å². The van der Waals surface area contributed by atoms with E-state index in [1.165, 1.54) is 10.9 Å². The summed E-state index contributed by atoms with van der Waals surface area (Å²) < 4.78 is 0. The summed E-state index contributed by atoms with van der Waals surface area (Å²) in [4.78, 5) is 14.6. The normalized spacial score (nSPS) is 12.9. The fraction of sp³-hybridized carbons (Fsp3) is 0.308. The van der Waals surface area contributed by atoms with Crippen molar-refractivity contribution in [2.24, 2.45) is 5.73 Å². The Kier molecular flexibility index (Phi) is 3.06. The summed E-state index contributed by atoms with van der Waals surface area (Å²) in [6, 6.07) is 7.75. The van der Waals surface area contributed by atoms with E-state index < -0.39 is 0 Å². The van der Waals surface area contributed by atoms with Gasteiger partial charge in [0.2, 0.25) is 0 Å². The highest BCUT2D eigenvalue weighted by Gasteiger charge is 2.09. The van der Waals surface area contributed by atoms with Crippen LogP contribution in [0.5, 0.6) is 0 Å². The minimum atomic E-state index is -0.356. The number of nitrogens with two attached hydrogens (primary N) is 1. The van der Waals surface area contributed by atoms with Crippen LogP contribution in [-0.2, 0) is 11.2 Å². The van der Waals surface area contributed by atoms with Crippen LogP contribution in [0.25, 0.3) is 10.9 Å². The number of Topliss-reactive ketones (excluding diaryl/α,β-unsaturated/α-hetero) is 1. The van der Waals surface area contributed by atoms with Gasteiger partial charge < -0.3 is 10.7 Å². The molecule has 1 heterocycles. The van der Waals surface area contributed by atoms with Crippen molar-refractivity contribution in [3.63, 3.8) is 0 Å². The minimum Gasteiger partial charge on any atom is -0.361 e. The Balaban J connectivity index is 2.13. The lowest BCUT2D eigenvalue weighted by Gasteiger charge is -2.03. The van der Waals surface area contributed by atoms with Crippen LogP contribution in [0.3, 0.4) is 0 Å². The van der Waals surface area contributed by atoms with E-state index in [1.807, 2.05) is 24.4 Å². The molecule has 2 rings (SSSR count). The molecule has 1 aromatic heterocycles. The fourth-order valence-electron chi connectivity index (χ4n) is 1.82. The highest BCUT2D eigenvalue weighted by atomic mass is 16.1. The number of H-pyrrole nitrogens is 1. The lowest BCUT2D eigenvalue weighted by Crippen LogP contribution is -2.26. The zero-order chi connectivity index (χ0) is 11.5. The van der Waals surface area contributed by atoms with Gasteiger partial charge in [-0.25, -0.2) is 0 Å². The molecule has 0 aliphatic carbocycles. The molecule has 1 atom stereocenters. The second kappa shape index (κ2) is 4.49. The molecule has 0 radical (unpaired) electrons. The topological polar surface area (TPSA) is 58.9 Å². The third kappa shape index (κ3) is 2.14. The molecule has 0 amide bonds. The molecule has 1 aromatic carbocycles. The molecule has 0 spiro atoms. The van der Waals surface area contributed by atoms with Crippen LogP contribution in [0, 0.1) is 0 Å². The van der Waals surface area contributed by atoms with E-state index in [4.69, 9.17) is 5.73 Å². The van der Waals surface area contributed by atoms with E-state index >= 15 is 0 Å². The van der Waals surface area contributed by atoms with Crippen LogP contribution >= 0.6 is 0 Å². The van der Waals surface area contributed by atoms with Crippen LogP contribution in [0.4, 0.5) is 0 Å². The van der Waals surface area contributed by atoms with Crippen molar-refractivity contribution in [1.29, 1.82) is 0 Å². The molecule has 16 heavy (non-hydrogen) atoms. The van der Waals surface area contributed by atoms with Gasteiger partial charge in [-0.3, -0.25) is 4.79 Å². The van der Waals surface area contributed by atoms with Gasteiger partial charge in [0.15, 0.2) is 0 Å². The second-order valence-electron chi connectivity index (χ2n) is 4.11. The van der Waals surface area contributed by atoms with E-state index in [2.05, 4.69) is 11.1 Å². The standard InChI is InChI=1S/C13H16N2O/c1-9(14)13(16)7-6-10-8-15-12-5-3-2-4-11(10)12/h2-5,8-9,15H,6-7,14H2,1H3. The molecule has 3 nitrogen and oxygen atoms in total. The Morgan fingerprint density at radius 2 is 2.19 bits per heavy atom. The Hall–Kier alpha value is -1.61. The molecule has 0 fully saturated rings. The number of hydrogen-bond donors (Lipinski definition) is 2. The number of aromatic nitrogens is 1. The first kappa shape index (κ1) is 10.9. The van der Waals surface area contributed by atoms with Gasteiger partial charge in [0, 0.05) is 23.5 Å². The van der Waals surface area contributed by atoms with Gasteiger partial charge in [-0.05, 0) is 25.0 Å². The summed E-state index contributed by atoms with van der Waals surface area (Å²) in [5.74, 6) is 0.116. The number of benzene rings is 1. The van der Waals surface area contributed by atoms with E-state index in [9.17, 15) is 4.79 Å². The molecule has 3 N–H and O–H groups in total. The maximum atomic E-state index is 11.4. The fourth-order valence-corrected chi connectivity index (χ4v) is 1.82. The van der Waals surface area contributed by atoms with Crippen molar-refractivity contribution in [3.8, 4) is 0 Å². The first-order valence-electron chi connectivity index (χ1n) is 5.52. The number of rotatable bonds is 4. The predicted molar refractivity (Wildman–Crippen MR) is 65.3 cm³/mol. The highest BCUT2D eigenvalue weighted by Crippen LogP contribution is 2.19. The van der Waals surface area contributed by atoms with Crippen molar-refractivity contribution in [3.05, 3.63) is 36.0 Å². The van der Waals surface area contributed by atoms with Crippen molar-refractivity contribution in [2.75, 3.05) is 0 Å². The molecule has 1 unspecified atom stereocenters. The number of para-hydroxylation sites is 1. The number of ketones is 1. The number of hydrogen-bond acceptors (Lipinski definition) is 2. The van der Waals surface area contributed by atoms with Gasteiger partial charge in [-0.2, -0.15) is 0 Å². The largest absolute Gasteiger partial charge is 0.361 e. The Bertz CT molecular complexity index is 499. The maximum Gasteiger partial charge on any atom is 0.149 e. The van der Waals surface area contributed by atoms with E-state index in [-0.39, 0.29) is 11.8 Å². The lowest BCUT2D eigenvalue weighted by molar-refractivity contribution is -0.119. The molecule has 0 saturated carbocycles. The first-order valence-corrected chi connectivity index (χ1v) is 5.52. The molecule has 3 heteroatoms. The quantitative estimate of drug-likeness (QED) is 0.821. The van der Waals surface area contributed by atoms with Crippen molar-refractivity contribution in [1.82, 2.24) is 4.98 Å². The summed E-state index contributed by atoms with van der Waals surface area (Å²) in [5.41, 5.74) is 7.83. The summed E-state index contributed by atoms with van der Waals surface area (Å²) in [5, 5.41) is 1.19. The molecule has 2 aromatic rings. The SMILES string of the molecule is CC(N)C(=O)CCc1c[nH]c2ccccc12. The van der Waals surface area contributed by atoms with Gasteiger partial charge in [0.25, 0.3) is 0 Å². The van der Waals surface area contributed by atoms with Crippen molar-refractivity contribution < 1.29 is 4.79 Å². The first-order chi connectivity index (χ1) is 7.68. The monoisotopic (exact) mass is 216 g/mol. The van der Waals surface area contributed by atoms with Gasteiger partial charge in [0.1, 0.15) is 5.78 Å². The molecule has 0 bridgehead atoms. The lowest BCUT2D eigenvalue weighted by atomic mass is 10.0. The number of fused-ring (bicyclic) bond motifs is 1. The summed E-state index contributed by atoms with van der Waals surface area (Å²) in [6.45, 7) is 1.73. The smallest absolute Gasteiger partial charge is 0.149 e. The predicted octanol–water partition coefficient (Wildman–Crippen LogP) is 2.02. The number of carbonyl (C=O) groups is 1.